The van der Waals surface area contributed by atoms with Gasteiger partial charge in [0, 0.05) is 13.1 Å². The average Bonchev–Trinajstić information content (AvgIpc) is 3.08. The minimum absolute atomic E-state index is 0.170. The van der Waals surface area contributed by atoms with Crippen LogP contribution in [-0.2, 0) is 13.1 Å². The molecule has 0 radical (unpaired) electrons. The van der Waals surface area contributed by atoms with E-state index in [-0.39, 0.29) is 17.4 Å². The Kier molecular flexibility index (Phi) is 5.41. The van der Waals surface area contributed by atoms with Crippen molar-refractivity contribution in [1.29, 1.82) is 0 Å². The lowest BCUT2D eigenvalue weighted by Crippen LogP contribution is -2.31. The van der Waals surface area contributed by atoms with Gasteiger partial charge < -0.3 is 9.47 Å². The van der Waals surface area contributed by atoms with Crippen LogP contribution in [-0.4, -0.2) is 17.4 Å². The van der Waals surface area contributed by atoms with E-state index in [0.717, 1.165) is 16.7 Å². The quantitative estimate of drug-likeness (QED) is 0.415. The largest absolute Gasteiger partial charge is 0.478 e. The second-order valence-electron chi connectivity index (χ2n) is 7.88. The molecule has 2 aliphatic rings. The van der Waals surface area contributed by atoms with Crippen LogP contribution < -0.4 is 9.47 Å². The molecule has 32 heavy (non-hydrogen) atoms. The summed E-state index contributed by atoms with van der Waals surface area (Å²) in [7, 11) is 0. The van der Waals surface area contributed by atoms with E-state index < -0.39 is 0 Å². The molecule has 0 atom stereocenters. The molecule has 7 heteroatoms. The smallest absolute Gasteiger partial charge is 0.232 e. The van der Waals surface area contributed by atoms with Gasteiger partial charge in [-0.15, -0.1) is 0 Å². The van der Waals surface area contributed by atoms with Crippen LogP contribution in [0.15, 0.2) is 54.3 Å². The molecule has 3 aromatic carbocycles. The van der Waals surface area contributed by atoms with Crippen LogP contribution in [0.5, 0.6) is 11.5 Å². The van der Waals surface area contributed by atoms with Crippen LogP contribution in [0.2, 0.25) is 10.0 Å². The molecule has 3 aromatic rings. The fraction of sp³-hybridized carbons (Fsp3) is 0.160. The number of carbonyl (C=O) groups is 1. The first-order chi connectivity index (χ1) is 15.4. The highest BCUT2D eigenvalue weighted by molar-refractivity contribution is 6.42. The van der Waals surface area contributed by atoms with E-state index >= 15 is 0 Å². The van der Waals surface area contributed by atoms with Crippen LogP contribution in [0.1, 0.15) is 32.6 Å². The number of Topliss-reactive ketones (excluding diaryl/α,β-unsaturated/α-hetero) is 1. The molecule has 0 aliphatic carbocycles. The van der Waals surface area contributed by atoms with Gasteiger partial charge in [-0.25, -0.2) is 4.39 Å². The monoisotopic (exact) mass is 469 g/mol. The Balaban J connectivity index is 1.45. The number of halogens is 3. The molecule has 2 aliphatic heterocycles. The second-order valence-corrected chi connectivity index (χ2v) is 8.69. The van der Waals surface area contributed by atoms with Crippen molar-refractivity contribution >= 4 is 35.1 Å². The Morgan fingerprint density at radius 2 is 1.97 bits per heavy atom. The number of nitrogens with zero attached hydrogens (tertiary/aromatic N) is 1. The normalized spacial score (nSPS) is 16.5. The summed E-state index contributed by atoms with van der Waals surface area (Å²) in [4.78, 5) is 15.1. The van der Waals surface area contributed by atoms with Gasteiger partial charge in [0.15, 0.2) is 5.76 Å². The first-order valence-electron chi connectivity index (χ1n) is 10.0. The van der Waals surface area contributed by atoms with E-state index in [1.807, 2.05) is 25.1 Å². The summed E-state index contributed by atoms with van der Waals surface area (Å²) < 4.78 is 25.6. The van der Waals surface area contributed by atoms with Crippen molar-refractivity contribution in [3.8, 4) is 11.5 Å². The number of hydrogen-bond donors (Lipinski definition) is 0. The maximum absolute atomic E-state index is 13.6. The van der Waals surface area contributed by atoms with Crippen molar-refractivity contribution in [3.05, 3.63) is 98.0 Å². The lowest BCUT2D eigenvalue weighted by molar-refractivity contribution is 0.0872. The van der Waals surface area contributed by atoms with Gasteiger partial charge in [0.2, 0.25) is 5.78 Å². The number of allylic oxidation sites excluding steroid dienone is 1. The van der Waals surface area contributed by atoms with Gasteiger partial charge in [-0.1, -0.05) is 41.4 Å². The van der Waals surface area contributed by atoms with E-state index in [1.165, 1.54) is 12.1 Å². The minimum atomic E-state index is -0.373. The van der Waals surface area contributed by atoms with E-state index in [9.17, 15) is 9.18 Å². The van der Waals surface area contributed by atoms with Crippen LogP contribution in [0.3, 0.4) is 0 Å². The number of carbonyl (C=O) groups excluding carboxylic acids is 1. The third-order valence-corrected chi connectivity index (χ3v) is 6.26. The summed E-state index contributed by atoms with van der Waals surface area (Å²) in [5.41, 5.74) is 3.67. The van der Waals surface area contributed by atoms with Gasteiger partial charge in [-0.2, -0.15) is 0 Å². The number of fused-ring (bicyclic) bond motifs is 3. The van der Waals surface area contributed by atoms with Crippen molar-refractivity contribution < 1.29 is 18.7 Å². The standard InChI is InChI=1S/C25H18Cl2FNO3/c1-14-7-21-18(12-29(13-31-21)11-16-5-6-19(26)20(27)9-16)25-23(14)24(30)22(32-25)10-15-3-2-4-17(28)8-15/h2-10H,11-13H2,1H3/b22-10-. The lowest BCUT2D eigenvalue weighted by Gasteiger charge is -2.30. The second kappa shape index (κ2) is 8.24. The van der Waals surface area contributed by atoms with Crippen LogP contribution in [0.4, 0.5) is 4.39 Å². The molecular formula is C25H18Cl2FNO3. The van der Waals surface area contributed by atoms with Gasteiger partial charge in [0.25, 0.3) is 0 Å². The summed E-state index contributed by atoms with van der Waals surface area (Å²) in [5, 5.41) is 1.01. The predicted molar refractivity (Wildman–Crippen MR) is 122 cm³/mol. The third-order valence-electron chi connectivity index (χ3n) is 5.52. The first-order valence-corrected chi connectivity index (χ1v) is 10.8. The number of rotatable bonds is 3. The molecule has 0 fully saturated rings. The minimum Gasteiger partial charge on any atom is -0.478 e. The Hall–Kier alpha value is -2.86. The molecule has 0 unspecified atom stereocenters. The molecule has 0 saturated carbocycles. The summed E-state index contributed by atoms with van der Waals surface area (Å²) in [6, 6.07) is 13.4. The molecular weight excluding hydrogens is 452 g/mol. The average molecular weight is 470 g/mol. The van der Waals surface area contributed by atoms with Crippen LogP contribution in [0, 0.1) is 12.7 Å². The molecule has 162 valence electrons. The van der Waals surface area contributed by atoms with Crippen molar-refractivity contribution in [2.24, 2.45) is 0 Å². The number of ether oxygens (including phenoxy) is 2. The zero-order valence-electron chi connectivity index (χ0n) is 17.1. The maximum Gasteiger partial charge on any atom is 0.232 e. The van der Waals surface area contributed by atoms with Crippen molar-refractivity contribution in [3.63, 3.8) is 0 Å². The van der Waals surface area contributed by atoms with Crippen molar-refractivity contribution in [2.75, 3.05) is 6.73 Å². The summed E-state index contributed by atoms with van der Waals surface area (Å²) >= 11 is 12.2. The molecule has 0 aromatic heterocycles. The third kappa shape index (κ3) is 3.88. The van der Waals surface area contributed by atoms with E-state index in [0.29, 0.717) is 52.5 Å². The number of ketones is 1. The fourth-order valence-electron chi connectivity index (χ4n) is 4.02. The number of hydrogen-bond acceptors (Lipinski definition) is 4. The maximum atomic E-state index is 13.6. The van der Waals surface area contributed by atoms with Crippen molar-refractivity contribution in [1.82, 2.24) is 4.90 Å². The summed E-state index contributed by atoms with van der Waals surface area (Å²) in [6.07, 6.45) is 1.56. The van der Waals surface area contributed by atoms with Gasteiger partial charge >= 0.3 is 0 Å². The number of benzene rings is 3. The molecule has 0 amide bonds. The highest BCUT2D eigenvalue weighted by Gasteiger charge is 2.35. The van der Waals surface area contributed by atoms with Gasteiger partial charge in [0.1, 0.15) is 24.0 Å². The topological polar surface area (TPSA) is 38.8 Å². The zero-order valence-corrected chi connectivity index (χ0v) is 18.6. The molecule has 2 heterocycles. The molecule has 4 nitrogen and oxygen atoms in total. The molecule has 5 rings (SSSR count). The van der Waals surface area contributed by atoms with Gasteiger partial charge in [0.05, 0.1) is 21.2 Å². The molecule has 0 spiro atoms. The number of aryl methyl sites for hydroxylation is 1. The van der Waals surface area contributed by atoms with E-state index in [2.05, 4.69) is 4.90 Å². The predicted octanol–water partition coefficient (Wildman–Crippen LogP) is 6.41. The highest BCUT2D eigenvalue weighted by Crippen LogP contribution is 2.44. The SMILES string of the molecule is Cc1cc2c(c3c1C(=O)/C(=C/c1cccc(F)c1)O3)CN(Cc1ccc(Cl)c(Cl)c1)CO2. The Morgan fingerprint density at radius 1 is 1.12 bits per heavy atom. The molecule has 0 bridgehead atoms. The van der Waals surface area contributed by atoms with E-state index in [4.69, 9.17) is 32.7 Å². The van der Waals surface area contributed by atoms with Gasteiger partial charge in [-0.3, -0.25) is 9.69 Å². The lowest BCUT2D eigenvalue weighted by atomic mass is 9.98. The zero-order chi connectivity index (χ0) is 22.4. The van der Waals surface area contributed by atoms with Crippen LogP contribution in [0.25, 0.3) is 6.08 Å². The fourth-order valence-corrected chi connectivity index (χ4v) is 4.34. The molecule has 0 saturated heterocycles. The van der Waals surface area contributed by atoms with Crippen molar-refractivity contribution in [2.45, 2.75) is 20.0 Å². The van der Waals surface area contributed by atoms with E-state index in [1.54, 1.807) is 24.3 Å². The highest BCUT2D eigenvalue weighted by atomic mass is 35.5. The Morgan fingerprint density at radius 3 is 2.75 bits per heavy atom. The van der Waals surface area contributed by atoms with Gasteiger partial charge in [-0.05, 0) is 60.0 Å². The first kappa shape index (κ1) is 21.0. The Bertz CT molecular complexity index is 1290. The summed E-state index contributed by atoms with van der Waals surface area (Å²) in [5.74, 6) is 0.787. The van der Waals surface area contributed by atoms with Crippen LogP contribution >= 0.6 is 23.2 Å². The molecule has 0 N–H and O–H groups in total. The summed E-state index contributed by atoms with van der Waals surface area (Å²) in [6.45, 7) is 3.39. The Labute approximate surface area is 194 Å².